The summed E-state index contributed by atoms with van der Waals surface area (Å²) in [6, 6.07) is 11.9. The molecule has 0 spiro atoms. The summed E-state index contributed by atoms with van der Waals surface area (Å²) in [5.74, 6) is 0.705. The van der Waals surface area contributed by atoms with E-state index in [-0.39, 0.29) is 0 Å². The maximum Gasteiger partial charge on any atom is 0.132 e. The van der Waals surface area contributed by atoms with Gasteiger partial charge in [-0.1, -0.05) is 19.1 Å². The SMILES string of the molecule is CCc1cccc(Oc2cc(N)cc(F)c2)c1. The van der Waals surface area contributed by atoms with E-state index in [1.54, 1.807) is 6.07 Å². The number of aryl methyl sites for hydroxylation is 1. The van der Waals surface area contributed by atoms with Crippen LogP contribution in [0, 0.1) is 5.82 Å². The maximum atomic E-state index is 13.1. The van der Waals surface area contributed by atoms with Crippen LogP contribution >= 0.6 is 0 Å². The summed E-state index contributed by atoms with van der Waals surface area (Å²) in [7, 11) is 0. The van der Waals surface area contributed by atoms with Crippen molar-refractivity contribution in [3.05, 3.63) is 53.8 Å². The van der Waals surface area contributed by atoms with Crippen LogP contribution in [0.1, 0.15) is 12.5 Å². The lowest BCUT2D eigenvalue weighted by Gasteiger charge is -2.07. The molecule has 0 radical (unpaired) electrons. The van der Waals surface area contributed by atoms with E-state index >= 15 is 0 Å². The minimum Gasteiger partial charge on any atom is -0.457 e. The van der Waals surface area contributed by atoms with Crippen LogP contribution in [0.2, 0.25) is 0 Å². The number of anilines is 1. The molecule has 0 unspecified atom stereocenters. The molecule has 2 rings (SSSR count). The molecule has 0 bridgehead atoms. The Morgan fingerprint density at radius 2 is 1.94 bits per heavy atom. The number of rotatable bonds is 3. The number of benzene rings is 2. The normalized spacial score (nSPS) is 10.2. The van der Waals surface area contributed by atoms with Crippen molar-refractivity contribution < 1.29 is 9.13 Å². The van der Waals surface area contributed by atoms with Gasteiger partial charge in [-0.2, -0.15) is 0 Å². The molecule has 0 atom stereocenters. The molecule has 0 fully saturated rings. The highest BCUT2D eigenvalue weighted by Crippen LogP contribution is 2.25. The van der Waals surface area contributed by atoms with Gasteiger partial charge < -0.3 is 10.5 Å². The first-order valence-electron chi connectivity index (χ1n) is 5.50. The van der Waals surface area contributed by atoms with Crippen molar-refractivity contribution in [2.45, 2.75) is 13.3 Å². The summed E-state index contributed by atoms with van der Waals surface area (Å²) in [6.07, 6.45) is 0.933. The lowest BCUT2D eigenvalue weighted by molar-refractivity contribution is 0.476. The minimum atomic E-state index is -0.397. The molecule has 0 amide bonds. The molecule has 0 aliphatic carbocycles. The molecule has 2 N–H and O–H groups in total. The number of hydrogen-bond acceptors (Lipinski definition) is 2. The lowest BCUT2D eigenvalue weighted by Crippen LogP contribution is -1.91. The Morgan fingerprint density at radius 1 is 1.12 bits per heavy atom. The summed E-state index contributed by atoms with van der Waals surface area (Å²) >= 11 is 0. The average molecular weight is 231 g/mol. The van der Waals surface area contributed by atoms with Crippen molar-refractivity contribution in [3.8, 4) is 11.5 Å². The first kappa shape index (κ1) is 11.5. The van der Waals surface area contributed by atoms with E-state index in [4.69, 9.17) is 10.5 Å². The fourth-order valence-corrected chi connectivity index (χ4v) is 1.61. The number of nitrogens with two attached hydrogens (primary N) is 1. The van der Waals surface area contributed by atoms with Gasteiger partial charge in [0.15, 0.2) is 0 Å². The van der Waals surface area contributed by atoms with Gasteiger partial charge in [0.25, 0.3) is 0 Å². The number of halogens is 1. The van der Waals surface area contributed by atoms with Gasteiger partial charge in [-0.3, -0.25) is 0 Å². The second-order valence-corrected chi connectivity index (χ2v) is 3.82. The topological polar surface area (TPSA) is 35.2 Å². The van der Waals surface area contributed by atoms with Crippen LogP contribution in [0.5, 0.6) is 11.5 Å². The zero-order valence-electron chi connectivity index (χ0n) is 9.61. The molecule has 2 aromatic carbocycles. The predicted octanol–water partition coefficient (Wildman–Crippen LogP) is 3.76. The third-order valence-corrected chi connectivity index (χ3v) is 2.44. The molecule has 0 saturated heterocycles. The van der Waals surface area contributed by atoms with E-state index < -0.39 is 5.82 Å². The van der Waals surface area contributed by atoms with E-state index in [0.29, 0.717) is 17.2 Å². The second kappa shape index (κ2) is 4.87. The molecule has 3 heteroatoms. The zero-order valence-corrected chi connectivity index (χ0v) is 9.61. The van der Waals surface area contributed by atoms with Crippen molar-refractivity contribution in [3.63, 3.8) is 0 Å². The van der Waals surface area contributed by atoms with E-state index in [2.05, 4.69) is 6.92 Å². The molecule has 2 aromatic rings. The van der Waals surface area contributed by atoms with Gasteiger partial charge in [-0.15, -0.1) is 0 Å². The second-order valence-electron chi connectivity index (χ2n) is 3.82. The molecule has 0 heterocycles. The molecule has 88 valence electrons. The van der Waals surface area contributed by atoms with Crippen LogP contribution in [-0.4, -0.2) is 0 Å². The Hall–Kier alpha value is -2.03. The highest BCUT2D eigenvalue weighted by Gasteiger charge is 2.02. The first-order chi connectivity index (χ1) is 8.17. The Bertz CT molecular complexity index is 505. The van der Waals surface area contributed by atoms with Gasteiger partial charge in [0.05, 0.1) is 0 Å². The van der Waals surface area contributed by atoms with Gasteiger partial charge in [0, 0.05) is 17.8 Å². The monoisotopic (exact) mass is 231 g/mol. The van der Waals surface area contributed by atoms with Gasteiger partial charge in [-0.25, -0.2) is 4.39 Å². The van der Waals surface area contributed by atoms with Crippen molar-refractivity contribution in [2.24, 2.45) is 0 Å². The molecule has 17 heavy (non-hydrogen) atoms. The van der Waals surface area contributed by atoms with Gasteiger partial charge in [-0.05, 0) is 30.2 Å². The number of hydrogen-bond donors (Lipinski definition) is 1. The van der Waals surface area contributed by atoms with Crippen molar-refractivity contribution in [1.82, 2.24) is 0 Å². The third-order valence-electron chi connectivity index (χ3n) is 2.44. The van der Waals surface area contributed by atoms with E-state index in [1.807, 2.05) is 24.3 Å². The highest BCUT2D eigenvalue weighted by molar-refractivity contribution is 5.46. The average Bonchev–Trinajstić information content (AvgIpc) is 2.28. The van der Waals surface area contributed by atoms with E-state index in [0.717, 1.165) is 6.42 Å². The lowest BCUT2D eigenvalue weighted by atomic mass is 10.2. The van der Waals surface area contributed by atoms with Crippen LogP contribution in [0.25, 0.3) is 0 Å². The van der Waals surface area contributed by atoms with Crippen LogP contribution in [-0.2, 0) is 6.42 Å². The molecular weight excluding hydrogens is 217 g/mol. The summed E-state index contributed by atoms with van der Waals surface area (Å²) in [5.41, 5.74) is 7.08. The van der Waals surface area contributed by atoms with Crippen LogP contribution in [0.4, 0.5) is 10.1 Å². The number of ether oxygens (including phenoxy) is 1. The molecule has 0 aromatic heterocycles. The molecule has 2 nitrogen and oxygen atoms in total. The van der Waals surface area contributed by atoms with Crippen molar-refractivity contribution in [2.75, 3.05) is 5.73 Å². The van der Waals surface area contributed by atoms with Gasteiger partial charge in [0.2, 0.25) is 0 Å². The predicted molar refractivity (Wildman–Crippen MR) is 66.7 cm³/mol. The molecule has 0 aliphatic heterocycles. The quantitative estimate of drug-likeness (QED) is 0.816. The molecule has 0 saturated carbocycles. The first-order valence-corrected chi connectivity index (χ1v) is 5.50. The van der Waals surface area contributed by atoms with E-state index in [1.165, 1.54) is 17.7 Å². The fourth-order valence-electron chi connectivity index (χ4n) is 1.61. The summed E-state index contributed by atoms with van der Waals surface area (Å²) in [4.78, 5) is 0. The standard InChI is InChI=1S/C14H14FNO/c1-2-10-4-3-5-13(6-10)17-14-8-11(15)7-12(16)9-14/h3-9H,2,16H2,1H3. The summed E-state index contributed by atoms with van der Waals surface area (Å²) < 4.78 is 18.7. The minimum absolute atomic E-state index is 0.353. The zero-order chi connectivity index (χ0) is 12.3. The van der Waals surface area contributed by atoms with Crippen LogP contribution < -0.4 is 10.5 Å². The summed E-state index contributed by atoms with van der Waals surface area (Å²) in [6.45, 7) is 2.07. The Morgan fingerprint density at radius 3 is 2.65 bits per heavy atom. The number of nitrogen functional groups attached to an aromatic ring is 1. The Balaban J connectivity index is 2.24. The maximum absolute atomic E-state index is 13.1. The molecular formula is C14H14FNO. The molecule has 0 aliphatic rings. The summed E-state index contributed by atoms with van der Waals surface area (Å²) in [5, 5.41) is 0. The Labute approximate surface area is 99.8 Å². The van der Waals surface area contributed by atoms with Gasteiger partial charge in [0.1, 0.15) is 17.3 Å². The fraction of sp³-hybridized carbons (Fsp3) is 0.143. The Kier molecular flexibility index (Phi) is 3.28. The van der Waals surface area contributed by atoms with Gasteiger partial charge >= 0.3 is 0 Å². The smallest absolute Gasteiger partial charge is 0.132 e. The van der Waals surface area contributed by atoms with Crippen molar-refractivity contribution >= 4 is 5.69 Å². The third kappa shape index (κ3) is 2.97. The van der Waals surface area contributed by atoms with Crippen LogP contribution in [0.3, 0.4) is 0 Å². The highest BCUT2D eigenvalue weighted by atomic mass is 19.1. The largest absolute Gasteiger partial charge is 0.457 e. The van der Waals surface area contributed by atoms with E-state index in [9.17, 15) is 4.39 Å². The van der Waals surface area contributed by atoms with Crippen molar-refractivity contribution in [1.29, 1.82) is 0 Å². The van der Waals surface area contributed by atoms with Crippen LogP contribution in [0.15, 0.2) is 42.5 Å².